The van der Waals surface area contributed by atoms with Crippen LogP contribution in [0.4, 0.5) is 23.2 Å². The molecular formula is C19H15F4NO2. The number of hydrogen-bond acceptors (Lipinski definition) is 3. The first-order chi connectivity index (χ1) is 12.3. The van der Waals surface area contributed by atoms with E-state index in [1.54, 1.807) is 24.3 Å². The van der Waals surface area contributed by atoms with Crippen molar-refractivity contribution in [2.75, 3.05) is 11.9 Å². The lowest BCUT2D eigenvalue weighted by Gasteiger charge is -2.29. The lowest BCUT2D eigenvalue weighted by molar-refractivity contribution is -0.150. The van der Waals surface area contributed by atoms with E-state index in [0.29, 0.717) is 16.7 Å². The van der Waals surface area contributed by atoms with Gasteiger partial charge in [0, 0.05) is 5.69 Å². The number of carbonyl (C=O) groups is 1. The van der Waals surface area contributed by atoms with Gasteiger partial charge >= 0.3 is 12.1 Å². The maximum Gasteiger partial charge on any atom is 0.413 e. The predicted molar refractivity (Wildman–Crippen MR) is 89.9 cm³/mol. The van der Waals surface area contributed by atoms with Crippen molar-refractivity contribution in [1.82, 2.24) is 0 Å². The summed E-state index contributed by atoms with van der Waals surface area (Å²) in [6.45, 7) is 1.50. The zero-order valence-electron chi connectivity index (χ0n) is 13.7. The fourth-order valence-corrected chi connectivity index (χ4v) is 2.77. The summed E-state index contributed by atoms with van der Waals surface area (Å²) in [4.78, 5) is 12.0. The Kier molecular flexibility index (Phi) is 4.71. The van der Waals surface area contributed by atoms with Crippen LogP contribution in [-0.4, -0.2) is 24.8 Å². The number of fused-ring (bicyclic) bond motifs is 1. The molecule has 1 aliphatic heterocycles. The SMILES string of the molecule is CCOC(=O)C1=Cc2cc(-c3ccc(F)cc3)ccc2NC1C(F)(F)F. The van der Waals surface area contributed by atoms with E-state index >= 15 is 0 Å². The molecular weight excluding hydrogens is 350 g/mol. The Morgan fingerprint density at radius 1 is 1.12 bits per heavy atom. The van der Waals surface area contributed by atoms with Crippen molar-refractivity contribution in [2.45, 2.75) is 19.1 Å². The van der Waals surface area contributed by atoms with Crippen LogP contribution in [0, 0.1) is 5.82 Å². The van der Waals surface area contributed by atoms with Crippen LogP contribution >= 0.6 is 0 Å². The third kappa shape index (κ3) is 3.56. The van der Waals surface area contributed by atoms with Crippen LogP contribution in [0.3, 0.4) is 0 Å². The number of ether oxygens (including phenoxy) is 1. The number of rotatable bonds is 3. The van der Waals surface area contributed by atoms with Crippen LogP contribution in [0.1, 0.15) is 12.5 Å². The Balaban J connectivity index is 2.04. The van der Waals surface area contributed by atoms with Gasteiger partial charge in [-0.2, -0.15) is 13.2 Å². The zero-order valence-corrected chi connectivity index (χ0v) is 13.7. The van der Waals surface area contributed by atoms with Crippen LogP contribution in [0.25, 0.3) is 17.2 Å². The molecule has 136 valence electrons. The second-order valence-electron chi connectivity index (χ2n) is 5.75. The zero-order chi connectivity index (χ0) is 18.9. The van der Waals surface area contributed by atoms with Gasteiger partial charge in [0.25, 0.3) is 0 Å². The number of halogens is 4. The summed E-state index contributed by atoms with van der Waals surface area (Å²) < 4.78 is 57.8. The van der Waals surface area contributed by atoms with Gasteiger partial charge in [-0.05, 0) is 54.0 Å². The van der Waals surface area contributed by atoms with Gasteiger partial charge in [-0.25, -0.2) is 9.18 Å². The van der Waals surface area contributed by atoms with Gasteiger partial charge in [0.15, 0.2) is 6.04 Å². The third-order valence-electron chi connectivity index (χ3n) is 3.99. The monoisotopic (exact) mass is 365 g/mol. The summed E-state index contributed by atoms with van der Waals surface area (Å²) in [5, 5.41) is 2.36. The molecule has 0 spiro atoms. The second-order valence-corrected chi connectivity index (χ2v) is 5.75. The number of benzene rings is 2. The van der Waals surface area contributed by atoms with Gasteiger partial charge in [0.2, 0.25) is 0 Å². The van der Waals surface area contributed by atoms with E-state index in [-0.39, 0.29) is 18.1 Å². The predicted octanol–water partition coefficient (Wildman–Crippen LogP) is 4.80. The minimum absolute atomic E-state index is 0.0246. The van der Waals surface area contributed by atoms with Crippen molar-refractivity contribution in [2.24, 2.45) is 0 Å². The summed E-state index contributed by atoms with van der Waals surface area (Å²) in [7, 11) is 0. The Labute approximate surface area is 147 Å². The van der Waals surface area contributed by atoms with Crippen molar-refractivity contribution in [3.63, 3.8) is 0 Å². The Morgan fingerprint density at radius 3 is 2.38 bits per heavy atom. The van der Waals surface area contributed by atoms with Crippen molar-refractivity contribution in [3.05, 3.63) is 59.4 Å². The highest BCUT2D eigenvalue weighted by Crippen LogP contribution is 2.37. The van der Waals surface area contributed by atoms with Gasteiger partial charge in [-0.3, -0.25) is 0 Å². The van der Waals surface area contributed by atoms with Crippen molar-refractivity contribution < 1.29 is 27.1 Å². The average molecular weight is 365 g/mol. The van der Waals surface area contributed by atoms with Crippen LogP contribution in [-0.2, 0) is 9.53 Å². The smallest absolute Gasteiger partial charge is 0.413 e. The summed E-state index contributed by atoms with van der Waals surface area (Å²) in [6, 6.07) is 8.39. The first-order valence-electron chi connectivity index (χ1n) is 7.91. The molecule has 1 atom stereocenters. The summed E-state index contributed by atoms with van der Waals surface area (Å²) >= 11 is 0. The number of hydrogen-bond donors (Lipinski definition) is 1. The molecule has 26 heavy (non-hydrogen) atoms. The molecule has 0 saturated carbocycles. The van der Waals surface area contributed by atoms with E-state index in [1.165, 1.54) is 31.2 Å². The van der Waals surface area contributed by atoms with E-state index in [4.69, 9.17) is 4.74 Å². The highest BCUT2D eigenvalue weighted by molar-refractivity contribution is 5.99. The molecule has 0 aromatic heterocycles. The number of carbonyl (C=O) groups excluding carboxylic acids is 1. The molecule has 2 aromatic rings. The Hall–Kier alpha value is -2.83. The fraction of sp³-hybridized carbons (Fsp3) is 0.211. The number of anilines is 1. The molecule has 3 nitrogen and oxygen atoms in total. The maximum atomic E-state index is 13.3. The lowest BCUT2D eigenvalue weighted by Crippen LogP contribution is -2.42. The summed E-state index contributed by atoms with van der Waals surface area (Å²) in [5.41, 5.74) is 1.58. The van der Waals surface area contributed by atoms with E-state index in [0.717, 1.165) is 0 Å². The van der Waals surface area contributed by atoms with Gasteiger partial charge in [-0.15, -0.1) is 0 Å². The van der Waals surface area contributed by atoms with E-state index < -0.39 is 23.8 Å². The first-order valence-corrected chi connectivity index (χ1v) is 7.91. The molecule has 0 radical (unpaired) electrons. The van der Waals surface area contributed by atoms with Gasteiger partial charge < -0.3 is 10.1 Å². The third-order valence-corrected chi connectivity index (χ3v) is 3.99. The molecule has 1 aliphatic rings. The molecule has 0 bridgehead atoms. The van der Waals surface area contributed by atoms with Crippen LogP contribution < -0.4 is 5.32 Å². The van der Waals surface area contributed by atoms with Gasteiger partial charge in [0.1, 0.15) is 5.82 Å². The van der Waals surface area contributed by atoms with Crippen LogP contribution in [0.5, 0.6) is 0 Å². The molecule has 1 heterocycles. The van der Waals surface area contributed by atoms with Crippen molar-refractivity contribution in [1.29, 1.82) is 0 Å². The molecule has 0 saturated heterocycles. The average Bonchev–Trinajstić information content (AvgIpc) is 2.60. The minimum atomic E-state index is -4.65. The highest BCUT2D eigenvalue weighted by atomic mass is 19.4. The highest BCUT2D eigenvalue weighted by Gasteiger charge is 2.46. The van der Waals surface area contributed by atoms with Crippen molar-refractivity contribution in [3.8, 4) is 11.1 Å². The molecule has 2 aromatic carbocycles. The van der Waals surface area contributed by atoms with E-state index in [9.17, 15) is 22.4 Å². The molecule has 7 heteroatoms. The molecule has 3 rings (SSSR count). The number of nitrogens with one attached hydrogen (secondary N) is 1. The summed E-state index contributed by atoms with van der Waals surface area (Å²) in [6.07, 6.45) is -3.46. The molecule has 1 unspecified atom stereocenters. The number of esters is 1. The number of alkyl halides is 3. The molecule has 0 aliphatic carbocycles. The standard InChI is InChI=1S/C19H15F4NO2/c1-2-26-18(25)15-10-13-9-12(11-3-6-14(20)7-4-11)5-8-16(13)24-17(15)19(21,22)23/h3-10,17,24H,2H2,1H3. The summed E-state index contributed by atoms with van der Waals surface area (Å²) in [5.74, 6) is -1.40. The van der Waals surface area contributed by atoms with Crippen molar-refractivity contribution >= 4 is 17.7 Å². The lowest BCUT2D eigenvalue weighted by atomic mass is 9.94. The fourth-order valence-electron chi connectivity index (χ4n) is 2.77. The van der Waals surface area contributed by atoms with E-state index in [2.05, 4.69) is 5.32 Å². The Bertz CT molecular complexity index is 857. The van der Waals surface area contributed by atoms with Gasteiger partial charge in [0.05, 0.1) is 12.2 Å². The van der Waals surface area contributed by atoms with Gasteiger partial charge in [-0.1, -0.05) is 18.2 Å². The largest absolute Gasteiger partial charge is 0.463 e. The topological polar surface area (TPSA) is 38.3 Å². The quantitative estimate of drug-likeness (QED) is 0.628. The Morgan fingerprint density at radius 2 is 1.77 bits per heavy atom. The van der Waals surface area contributed by atoms with E-state index in [1.807, 2.05) is 0 Å². The van der Waals surface area contributed by atoms with Crippen LogP contribution in [0.2, 0.25) is 0 Å². The minimum Gasteiger partial charge on any atom is -0.463 e. The van der Waals surface area contributed by atoms with Crippen LogP contribution in [0.15, 0.2) is 48.0 Å². The molecule has 1 N–H and O–H groups in total. The molecule has 0 fully saturated rings. The second kappa shape index (κ2) is 6.82. The maximum absolute atomic E-state index is 13.3. The molecule has 0 amide bonds. The normalized spacial score (nSPS) is 16.3. The first kappa shape index (κ1) is 18.0.